The summed E-state index contributed by atoms with van der Waals surface area (Å²) in [5.74, 6) is -3.47. The second-order valence-corrected chi connectivity index (χ2v) is 6.27. The minimum Gasteiger partial charge on any atom is -0.453 e. The second kappa shape index (κ2) is 8.05. The molecule has 0 saturated carbocycles. The summed E-state index contributed by atoms with van der Waals surface area (Å²) in [5, 5.41) is 12.3. The number of primary amides is 1. The van der Waals surface area contributed by atoms with Gasteiger partial charge in [-0.15, -0.1) is 0 Å². The Morgan fingerprint density at radius 3 is 2.79 bits per heavy atom. The highest BCUT2D eigenvalue weighted by molar-refractivity contribution is 6.05. The quantitative estimate of drug-likeness (QED) is 0.458. The molecule has 3 aromatic rings. The molecule has 0 fully saturated rings. The van der Waals surface area contributed by atoms with Crippen LogP contribution in [0.4, 0.5) is 4.39 Å². The molecule has 28 heavy (non-hydrogen) atoms. The van der Waals surface area contributed by atoms with Crippen molar-refractivity contribution in [3.8, 4) is 11.5 Å². The molecule has 9 heteroatoms. The van der Waals surface area contributed by atoms with Crippen molar-refractivity contribution in [2.45, 2.75) is 18.9 Å². The molecule has 5 N–H and O–H groups in total. The molecule has 2 heterocycles. The summed E-state index contributed by atoms with van der Waals surface area (Å²) in [4.78, 5) is 31.0. The topological polar surface area (TPSA) is 130 Å². The minimum atomic E-state index is -1.39. The lowest BCUT2D eigenvalue weighted by Crippen LogP contribution is -2.39. The van der Waals surface area contributed by atoms with E-state index >= 15 is 0 Å². The number of carbonyl (C=O) groups excluding carboxylic acids is 2. The van der Waals surface area contributed by atoms with Crippen molar-refractivity contribution in [1.82, 2.24) is 15.3 Å². The summed E-state index contributed by atoms with van der Waals surface area (Å²) >= 11 is 0. The van der Waals surface area contributed by atoms with Crippen molar-refractivity contribution in [2.75, 3.05) is 6.54 Å². The minimum absolute atomic E-state index is 0.0546. The molecule has 1 aromatic carbocycles. The number of aromatic amines is 1. The summed E-state index contributed by atoms with van der Waals surface area (Å²) in [6.45, 7) is 1.42. The molecule has 0 bridgehead atoms. The van der Waals surface area contributed by atoms with Crippen LogP contribution in [0.1, 0.15) is 18.4 Å². The third kappa shape index (κ3) is 4.09. The van der Waals surface area contributed by atoms with E-state index < -0.39 is 29.7 Å². The fourth-order valence-corrected chi connectivity index (χ4v) is 2.72. The lowest BCUT2D eigenvalue weighted by molar-refractivity contribution is -0.130. The number of aromatic nitrogens is 2. The number of H-pyrrole nitrogens is 1. The van der Waals surface area contributed by atoms with Gasteiger partial charge in [0.05, 0.1) is 11.5 Å². The zero-order valence-electron chi connectivity index (χ0n) is 15.0. The normalized spacial score (nSPS) is 13.1. The first kappa shape index (κ1) is 19.3. The van der Waals surface area contributed by atoms with Crippen LogP contribution in [0.5, 0.6) is 11.5 Å². The lowest BCUT2D eigenvalue weighted by Gasteiger charge is -2.16. The van der Waals surface area contributed by atoms with Crippen LogP contribution in [0, 0.1) is 5.82 Å². The molecular formula is C19H19FN4O4. The fraction of sp³-hybridized carbons (Fsp3) is 0.211. The predicted molar refractivity (Wildman–Crippen MR) is 99.2 cm³/mol. The molecule has 2 amide bonds. The number of aliphatic hydroxyl groups excluding tert-OH is 1. The van der Waals surface area contributed by atoms with Crippen LogP contribution < -0.4 is 15.8 Å². The number of aliphatic hydroxyl groups is 1. The number of ether oxygens (including phenoxy) is 1. The average molecular weight is 386 g/mol. The maximum absolute atomic E-state index is 14.6. The Hall–Kier alpha value is -3.46. The maximum atomic E-state index is 14.6. The first-order chi connectivity index (χ1) is 13.4. The third-order valence-electron chi connectivity index (χ3n) is 4.05. The van der Waals surface area contributed by atoms with Gasteiger partial charge in [-0.25, -0.2) is 9.37 Å². The van der Waals surface area contributed by atoms with Gasteiger partial charge in [-0.3, -0.25) is 9.59 Å². The molecule has 2 aromatic heterocycles. The van der Waals surface area contributed by atoms with Gasteiger partial charge in [0.15, 0.2) is 11.6 Å². The van der Waals surface area contributed by atoms with Gasteiger partial charge in [0.25, 0.3) is 0 Å². The van der Waals surface area contributed by atoms with Crippen molar-refractivity contribution in [3.63, 3.8) is 0 Å². The first-order valence-electron chi connectivity index (χ1n) is 8.51. The van der Waals surface area contributed by atoms with Crippen molar-refractivity contribution in [3.05, 3.63) is 54.1 Å². The Labute approximate surface area is 159 Å². The Morgan fingerprint density at radius 1 is 1.32 bits per heavy atom. The number of hydrogen-bond acceptors (Lipinski definition) is 5. The highest BCUT2D eigenvalue weighted by Gasteiger charge is 2.27. The Balaban J connectivity index is 1.85. The molecular weight excluding hydrogens is 367 g/mol. The average Bonchev–Trinajstić information content (AvgIpc) is 3.11. The number of fused-ring (bicyclic) bond motifs is 1. The standard InChI is InChI=1S/C19H19FN4O4/c1-10(25)9-24-19(27)16(17(21)26)11-2-3-15(13(20)8-11)28-14-5-7-23-18-12(14)4-6-22-18/h2-8,10,16,25H,9H2,1H3,(H2,21,26)(H,22,23)(H,24,27). The molecule has 8 nitrogen and oxygen atoms in total. The molecule has 0 aliphatic rings. The van der Waals surface area contributed by atoms with Gasteiger partial charge in [-0.05, 0) is 36.8 Å². The number of nitrogens with one attached hydrogen (secondary N) is 2. The number of nitrogens with zero attached hydrogens (tertiary/aromatic N) is 1. The van der Waals surface area contributed by atoms with Gasteiger partial charge in [-0.1, -0.05) is 6.07 Å². The van der Waals surface area contributed by atoms with E-state index in [1.165, 1.54) is 25.3 Å². The molecule has 0 spiro atoms. The highest BCUT2D eigenvalue weighted by atomic mass is 19.1. The summed E-state index contributed by atoms with van der Waals surface area (Å²) in [7, 11) is 0. The molecule has 0 aliphatic heterocycles. The summed E-state index contributed by atoms with van der Waals surface area (Å²) in [6, 6.07) is 7.09. The van der Waals surface area contributed by atoms with E-state index in [1.54, 1.807) is 18.3 Å². The largest absolute Gasteiger partial charge is 0.453 e. The Morgan fingerprint density at radius 2 is 2.11 bits per heavy atom. The predicted octanol–water partition coefficient (Wildman–Crippen LogP) is 1.56. The van der Waals surface area contributed by atoms with E-state index in [-0.39, 0.29) is 17.9 Å². The molecule has 0 saturated heterocycles. The first-order valence-corrected chi connectivity index (χ1v) is 8.51. The van der Waals surface area contributed by atoms with Gasteiger partial charge in [0.2, 0.25) is 11.8 Å². The number of hydrogen-bond donors (Lipinski definition) is 4. The van der Waals surface area contributed by atoms with Gasteiger partial charge >= 0.3 is 0 Å². The number of rotatable bonds is 7. The van der Waals surface area contributed by atoms with Crippen LogP contribution >= 0.6 is 0 Å². The highest BCUT2D eigenvalue weighted by Crippen LogP contribution is 2.31. The van der Waals surface area contributed by atoms with Crippen molar-refractivity contribution in [1.29, 1.82) is 0 Å². The van der Waals surface area contributed by atoms with Crippen molar-refractivity contribution < 1.29 is 23.8 Å². The SMILES string of the molecule is CC(O)CNC(=O)C(C(N)=O)c1ccc(Oc2ccnc3[nH]ccc23)c(F)c1. The van der Waals surface area contributed by atoms with E-state index in [2.05, 4.69) is 15.3 Å². The van der Waals surface area contributed by atoms with Crippen LogP contribution in [0.25, 0.3) is 11.0 Å². The van der Waals surface area contributed by atoms with Gasteiger partial charge in [-0.2, -0.15) is 0 Å². The molecule has 2 unspecified atom stereocenters. The summed E-state index contributed by atoms with van der Waals surface area (Å²) in [5.41, 5.74) is 5.99. The van der Waals surface area contributed by atoms with Gasteiger partial charge < -0.3 is 25.9 Å². The summed E-state index contributed by atoms with van der Waals surface area (Å²) < 4.78 is 20.2. The molecule has 146 valence electrons. The number of halogens is 1. The van der Waals surface area contributed by atoms with E-state index in [0.717, 1.165) is 6.07 Å². The number of nitrogens with two attached hydrogens (primary N) is 1. The van der Waals surface area contributed by atoms with Crippen molar-refractivity contribution in [2.24, 2.45) is 5.73 Å². The Kier molecular flexibility index (Phi) is 5.55. The molecule has 0 radical (unpaired) electrons. The second-order valence-electron chi connectivity index (χ2n) is 6.27. The number of benzene rings is 1. The van der Waals surface area contributed by atoms with Crippen LogP contribution in [-0.2, 0) is 9.59 Å². The molecule has 2 atom stereocenters. The number of carbonyl (C=O) groups is 2. The zero-order valence-corrected chi connectivity index (χ0v) is 15.0. The third-order valence-corrected chi connectivity index (χ3v) is 4.05. The van der Waals surface area contributed by atoms with E-state index in [4.69, 9.17) is 10.5 Å². The van der Waals surface area contributed by atoms with E-state index in [9.17, 15) is 19.1 Å². The van der Waals surface area contributed by atoms with Crippen LogP contribution in [0.15, 0.2) is 42.7 Å². The maximum Gasteiger partial charge on any atom is 0.237 e. The smallest absolute Gasteiger partial charge is 0.237 e. The van der Waals surface area contributed by atoms with Crippen LogP contribution in [-0.4, -0.2) is 39.5 Å². The Bertz CT molecular complexity index is 1020. The van der Waals surface area contributed by atoms with Crippen LogP contribution in [0.3, 0.4) is 0 Å². The summed E-state index contributed by atoms with van der Waals surface area (Å²) in [6.07, 6.45) is 2.42. The zero-order chi connectivity index (χ0) is 20.3. The molecule has 3 rings (SSSR count). The van der Waals surface area contributed by atoms with Gasteiger partial charge in [0.1, 0.15) is 17.3 Å². The number of pyridine rings is 1. The fourth-order valence-electron chi connectivity index (χ4n) is 2.72. The monoisotopic (exact) mass is 386 g/mol. The lowest BCUT2D eigenvalue weighted by atomic mass is 9.97. The van der Waals surface area contributed by atoms with Gasteiger partial charge in [0, 0.05) is 18.9 Å². The van der Waals surface area contributed by atoms with Crippen molar-refractivity contribution >= 4 is 22.8 Å². The van der Waals surface area contributed by atoms with Crippen LogP contribution in [0.2, 0.25) is 0 Å². The van der Waals surface area contributed by atoms with E-state index in [0.29, 0.717) is 16.8 Å². The number of amides is 2. The van der Waals surface area contributed by atoms with E-state index in [1.807, 2.05) is 0 Å². The molecule has 0 aliphatic carbocycles.